The fourth-order valence-corrected chi connectivity index (χ4v) is 4.57. The number of carbonyl (C=O) groups excluding carboxylic acids is 3. The Balaban J connectivity index is 1.40. The molecule has 15 heteroatoms. The lowest BCUT2D eigenvalue weighted by molar-refractivity contribution is -0.118. The molecule has 43 heavy (non-hydrogen) atoms. The van der Waals surface area contributed by atoms with Gasteiger partial charge in [0, 0.05) is 47.1 Å². The summed E-state index contributed by atoms with van der Waals surface area (Å²) in [6.07, 6.45) is 7.02. The molecule has 0 saturated carbocycles. The van der Waals surface area contributed by atoms with Crippen molar-refractivity contribution in [3.05, 3.63) is 71.4 Å². The summed E-state index contributed by atoms with van der Waals surface area (Å²) >= 11 is 6.19. The van der Waals surface area contributed by atoms with Crippen LogP contribution in [0.4, 0.5) is 16.2 Å². The molecule has 1 aliphatic rings. The van der Waals surface area contributed by atoms with Crippen molar-refractivity contribution in [3.8, 4) is 16.9 Å². The van der Waals surface area contributed by atoms with Crippen LogP contribution in [0, 0.1) is 0 Å². The lowest BCUT2D eigenvalue weighted by Crippen LogP contribution is -2.31. The molecular weight excluding hydrogens is 578 g/mol. The molecule has 222 valence electrons. The van der Waals surface area contributed by atoms with E-state index in [1.54, 1.807) is 48.7 Å². The van der Waals surface area contributed by atoms with Crippen molar-refractivity contribution < 1.29 is 23.9 Å². The number of H-pyrrole nitrogens is 1. The summed E-state index contributed by atoms with van der Waals surface area (Å²) in [4.78, 5) is 45.3. The van der Waals surface area contributed by atoms with Crippen molar-refractivity contribution in [1.29, 1.82) is 0 Å². The number of methoxy groups -OCH3 is 1. The molecule has 0 saturated heterocycles. The Bertz CT molecular complexity index is 1640. The van der Waals surface area contributed by atoms with Crippen LogP contribution in [-0.4, -0.2) is 68.4 Å². The Morgan fingerprint density at radius 3 is 2.91 bits per heavy atom. The third-order valence-electron chi connectivity index (χ3n) is 6.47. The molecule has 1 atom stereocenters. The van der Waals surface area contributed by atoms with E-state index in [1.807, 2.05) is 0 Å². The number of anilines is 2. The van der Waals surface area contributed by atoms with Gasteiger partial charge < -0.3 is 25.1 Å². The average Bonchev–Trinajstić information content (AvgIpc) is 3.70. The van der Waals surface area contributed by atoms with Crippen LogP contribution >= 0.6 is 11.6 Å². The van der Waals surface area contributed by atoms with Crippen molar-refractivity contribution in [2.75, 3.05) is 31.0 Å². The summed E-state index contributed by atoms with van der Waals surface area (Å²) in [5, 5.41) is 20.2. The van der Waals surface area contributed by atoms with E-state index in [0.717, 1.165) is 0 Å². The van der Waals surface area contributed by atoms with Crippen molar-refractivity contribution >= 4 is 47.0 Å². The number of imidazole rings is 1. The van der Waals surface area contributed by atoms with Gasteiger partial charge in [0.05, 0.1) is 30.8 Å². The van der Waals surface area contributed by atoms with E-state index in [-0.39, 0.29) is 24.8 Å². The van der Waals surface area contributed by atoms with E-state index < -0.39 is 12.1 Å². The molecule has 5 rings (SSSR count). The van der Waals surface area contributed by atoms with Gasteiger partial charge in [-0.15, -0.1) is 5.10 Å². The highest BCUT2D eigenvalue weighted by Gasteiger charge is 2.21. The second kappa shape index (κ2) is 13.7. The van der Waals surface area contributed by atoms with Gasteiger partial charge in [0.2, 0.25) is 11.8 Å². The number of rotatable bonds is 5. The largest absolute Gasteiger partial charge is 0.453 e. The van der Waals surface area contributed by atoms with E-state index in [4.69, 9.17) is 21.3 Å². The topological polar surface area (TPSA) is 178 Å². The summed E-state index contributed by atoms with van der Waals surface area (Å²) in [5.74, 6) is -0.106. The summed E-state index contributed by atoms with van der Waals surface area (Å²) < 4.78 is 12.0. The number of aromatic amines is 1. The van der Waals surface area contributed by atoms with Crippen LogP contribution in [0.1, 0.15) is 36.7 Å². The molecule has 2 aromatic heterocycles. The predicted octanol–water partition coefficient (Wildman–Crippen LogP) is 3.89. The highest BCUT2D eigenvalue weighted by Crippen LogP contribution is 2.31. The number of halogens is 1. The third kappa shape index (κ3) is 7.61. The van der Waals surface area contributed by atoms with Gasteiger partial charge in [-0.25, -0.2) is 9.78 Å². The molecule has 0 fully saturated rings. The first-order valence-electron chi connectivity index (χ1n) is 13.3. The maximum Gasteiger partial charge on any atom is 0.411 e. The van der Waals surface area contributed by atoms with Crippen LogP contribution in [0.25, 0.3) is 23.0 Å². The Morgan fingerprint density at radius 1 is 1.21 bits per heavy atom. The molecule has 2 bridgehead atoms. The first kappa shape index (κ1) is 29.4. The molecule has 0 aliphatic carbocycles. The van der Waals surface area contributed by atoms with E-state index in [2.05, 4.69) is 41.2 Å². The van der Waals surface area contributed by atoms with Crippen LogP contribution in [0.15, 0.2) is 55.0 Å². The Labute approximate surface area is 250 Å². The Morgan fingerprint density at radius 2 is 2.09 bits per heavy atom. The number of hydrogen-bond acceptors (Lipinski definition) is 9. The molecule has 0 spiro atoms. The smallest absolute Gasteiger partial charge is 0.411 e. The fourth-order valence-electron chi connectivity index (χ4n) is 4.39. The normalized spacial score (nSPS) is 15.7. The number of fused-ring (bicyclic) bond motifs is 4. The van der Waals surface area contributed by atoms with E-state index in [1.165, 1.54) is 24.2 Å². The first-order chi connectivity index (χ1) is 20.9. The highest BCUT2D eigenvalue weighted by atomic mass is 35.5. The van der Waals surface area contributed by atoms with Gasteiger partial charge in [-0.2, -0.15) is 4.68 Å². The van der Waals surface area contributed by atoms with Crippen LogP contribution in [0.2, 0.25) is 5.02 Å². The van der Waals surface area contributed by atoms with Crippen LogP contribution in [0.5, 0.6) is 0 Å². The minimum Gasteiger partial charge on any atom is -0.453 e. The minimum atomic E-state index is -0.635. The summed E-state index contributed by atoms with van der Waals surface area (Å²) in [6.45, 7) is 0.547. The van der Waals surface area contributed by atoms with Gasteiger partial charge in [0.15, 0.2) is 0 Å². The number of hydrogen-bond donors (Lipinski definition) is 4. The Kier molecular flexibility index (Phi) is 9.39. The fraction of sp³-hybridized carbons (Fsp3) is 0.250. The summed E-state index contributed by atoms with van der Waals surface area (Å²) in [6, 6.07) is 9.59. The van der Waals surface area contributed by atoms with E-state index >= 15 is 0 Å². The zero-order valence-electron chi connectivity index (χ0n) is 23.0. The summed E-state index contributed by atoms with van der Waals surface area (Å²) in [5.41, 5.74) is 3.32. The minimum absolute atomic E-state index is 0.153. The zero-order chi connectivity index (χ0) is 30.2. The van der Waals surface area contributed by atoms with Crippen LogP contribution in [-0.2, 0) is 19.1 Å². The number of aromatic nitrogens is 6. The molecule has 4 aromatic rings. The zero-order valence-corrected chi connectivity index (χ0v) is 23.8. The standard InChI is InChI=1S/C28H28ClN9O5/c1-42-28(41)32-19-7-8-20-21(13-19)33-25(39)4-2-3-11-43-15-23(27-30-14-22(20)35-27)34-26(40)10-5-17-12-18(29)6-9-24(17)38-16-31-36-37-38/h5-10,12-14,16,23H,2-4,11,15H2,1H3,(H,30,35)(H,32,41)(H,33,39)(H,34,40)/b10-5+. The predicted molar refractivity (Wildman–Crippen MR) is 157 cm³/mol. The first-order valence-corrected chi connectivity index (χ1v) is 13.7. The van der Waals surface area contributed by atoms with Gasteiger partial charge >= 0.3 is 6.09 Å². The second-order valence-electron chi connectivity index (χ2n) is 9.48. The lowest BCUT2D eigenvalue weighted by atomic mass is 10.1. The van der Waals surface area contributed by atoms with Gasteiger partial charge in [-0.1, -0.05) is 11.6 Å². The van der Waals surface area contributed by atoms with Crippen LogP contribution in [0.3, 0.4) is 0 Å². The number of carbonyl (C=O) groups is 3. The van der Waals surface area contributed by atoms with Crippen molar-refractivity contribution in [2.24, 2.45) is 0 Å². The Hall–Kier alpha value is -5.08. The number of nitrogens with zero attached hydrogens (tertiary/aromatic N) is 5. The van der Waals surface area contributed by atoms with E-state index in [0.29, 0.717) is 64.2 Å². The summed E-state index contributed by atoms with van der Waals surface area (Å²) in [7, 11) is 1.27. The molecule has 4 N–H and O–H groups in total. The SMILES string of the molecule is COC(=O)Nc1ccc2c(c1)NC(=O)CCCCOCC(NC(=O)/C=C/c1cc(Cl)ccc1-n1cnnn1)c1nc-2c[nH]1. The monoisotopic (exact) mass is 605 g/mol. The molecule has 1 aliphatic heterocycles. The van der Waals surface area contributed by atoms with Crippen molar-refractivity contribution in [3.63, 3.8) is 0 Å². The van der Waals surface area contributed by atoms with E-state index in [9.17, 15) is 14.4 Å². The molecule has 0 radical (unpaired) electrons. The highest BCUT2D eigenvalue weighted by molar-refractivity contribution is 6.30. The van der Waals surface area contributed by atoms with Crippen molar-refractivity contribution in [2.45, 2.75) is 25.3 Å². The molecule has 3 heterocycles. The van der Waals surface area contributed by atoms with Gasteiger partial charge in [0.1, 0.15) is 18.2 Å². The molecule has 14 nitrogen and oxygen atoms in total. The number of ether oxygens (including phenoxy) is 2. The lowest BCUT2D eigenvalue weighted by Gasteiger charge is -2.17. The molecular formula is C28H28ClN9O5. The average molecular weight is 606 g/mol. The molecule has 1 unspecified atom stereocenters. The third-order valence-corrected chi connectivity index (χ3v) is 6.71. The number of nitrogens with one attached hydrogen (secondary N) is 4. The van der Waals surface area contributed by atoms with Crippen molar-refractivity contribution in [1.82, 2.24) is 35.5 Å². The van der Waals surface area contributed by atoms with Gasteiger partial charge in [-0.3, -0.25) is 14.9 Å². The maximum atomic E-state index is 13.1. The maximum absolute atomic E-state index is 13.1. The quantitative estimate of drug-likeness (QED) is 0.246. The van der Waals surface area contributed by atoms with Gasteiger partial charge in [-0.05, 0) is 65.7 Å². The number of benzene rings is 2. The molecule has 2 aromatic carbocycles. The van der Waals surface area contributed by atoms with Gasteiger partial charge in [0.25, 0.3) is 0 Å². The molecule has 3 amide bonds. The number of amides is 3. The van der Waals surface area contributed by atoms with Crippen LogP contribution < -0.4 is 16.0 Å². The second-order valence-corrected chi connectivity index (χ2v) is 9.92. The number of tetrazole rings is 1.